The zero-order chi connectivity index (χ0) is 48.0. The third-order valence-electron chi connectivity index (χ3n) is 12.5. The topological polar surface area (TPSA) is 103 Å². The van der Waals surface area contributed by atoms with Crippen LogP contribution in [0.2, 0.25) is 0 Å². The molecular weight excluding hydrogens is 899 g/mol. The van der Waals surface area contributed by atoms with Gasteiger partial charge in [0, 0.05) is 62.3 Å². The molecule has 0 unspecified atom stereocenters. The summed E-state index contributed by atoms with van der Waals surface area (Å²) in [5.41, 5.74) is 9.59. The number of amides is 1. The van der Waals surface area contributed by atoms with Crippen LogP contribution in [0, 0.1) is 17.5 Å². The van der Waals surface area contributed by atoms with Crippen LogP contribution in [0.3, 0.4) is 0 Å². The highest BCUT2D eigenvalue weighted by Gasteiger charge is 2.27. The second-order valence-electron chi connectivity index (χ2n) is 17.4. The Morgan fingerprint density at radius 1 is 0.696 bits per heavy atom. The zero-order valence-electron chi connectivity index (χ0n) is 39.8. The Morgan fingerprint density at radius 3 is 1.61 bits per heavy atom. The summed E-state index contributed by atoms with van der Waals surface area (Å²) in [4.78, 5) is 22.5. The standard InChI is InChI=1S/C25H28FN3O3.C14H21FN2.C8H10FN.C6H12ClN.2CH4/c1-18(19-5-9-21(26)10-6-19)29(16-15-28-13-3-4-14-28)25(30)23-17-24(32-27-23)20-7-11-22(31-2)12-8-20;1-12(13-4-6-14(15)7-5-13)16-8-11-17-9-2-3-10-17;1-6(10)7-2-4-8(9)5-3-7;7-3-6-8-4-1-2-5-8;;/h5-12,17-18H,3-4,13-16H2,1-2H3;4-7,12,16H,2-3,8-11H2,1H3;2-6H,10H2,1H3;1-6H2;2*1H4/t18-;12-;6-;;;/m111.../s1. The number of hydrogen-bond donors (Lipinski definition) is 2. The maximum Gasteiger partial charge on any atom is 0.276 e. The minimum Gasteiger partial charge on any atom is -0.497 e. The Bertz CT molecular complexity index is 2130. The molecule has 3 aliphatic heterocycles. The molecular formula is C55H79ClF3N7O3. The summed E-state index contributed by atoms with van der Waals surface area (Å²) in [6, 6.07) is 28.4. The summed E-state index contributed by atoms with van der Waals surface area (Å²) < 4.78 is 49.2. The van der Waals surface area contributed by atoms with Crippen molar-refractivity contribution in [3.8, 4) is 17.1 Å². The Balaban J connectivity index is 0.000000283. The summed E-state index contributed by atoms with van der Waals surface area (Å²) in [7, 11) is 1.61. The number of rotatable bonds is 16. The van der Waals surface area contributed by atoms with Gasteiger partial charge < -0.3 is 39.9 Å². The molecule has 8 rings (SSSR count). The van der Waals surface area contributed by atoms with E-state index in [9.17, 15) is 18.0 Å². The number of carbonyl (C=O) groups is 1. The number of likely N-dealkylation sites (tertiary alicyclic amines) is 3. The first kappa shape index (κ1) is 58.6. The van der Waals surface area contributed by atoms with Crippen LogP contribution in [0.25, 0.3) is 11.3 Å². The lowest BCUT2D eigenvalue weighted by Gasteiger charge is -2.30. The van der Waals surface area contributed by atoms with E-state index in [1.54, 1.807) is 42.3 Å². The van der Waals surface area contributed by atoms with E-state index in [1.165, 1.54) is 101 Å². The summed E-state index contributed by atoms with van der Waals surface area (Å²) in [5, 5.41) is 7.54. The van der Waals surface area contributed by atoms with E-state index in [0.29, 0.717) is 18.3 Å². The highest BCUT2D eigenvalue weighted by molar-refractivity contribution is 6.18. The zero-order valence-corrected chi connectivity index (χ0v) is 40.6. The number of nitrogens with zero attached hydrogens (tertiary/aromatic N) is 5. The Kier molecular flexibility index (Phi) is 26.7. The molecule has 69 heavy (non-hydrogen) atoms. The van der Waals surface area contributed by atoms with Crippen LogP contribution >= 0.6 is 11.6 Å². The van der Waals surface area contributed by atoms with Crippen molar-refractivity contribution >= 4 is 17.5 Å². The first-order chi connectivity index (χ1) is 32.4. The highest BCUT2D eigenvalue weighted by Crippen LogP contribution is 2.27. The molecule has 0 spiro atoms. The van der Waals surface area contributed by atoms with Crippen LogP contribution in [0.15, 0.2) is 108 Å². The lowest BCUT2D eigenvalue weighted by atomic mass is 10.1. The fourth-order valence-corrected chi connectivity index (χ4v) is 8.51. The summed E-state index contributed by atoms with van der Waals surface area (Å²) in [6.45, 7) is 17.6. The van der Waals surface area contributed by atoms with Crippen LogP contribution in [0.1, 0.15) is 119 Å². The maximum absolute atomic E-state index is 13.5. The van der Waals surface area contributed by atoms with Crippen molar-refractivity contribution in [3.05, 3.63) is 143 Å². The van der Waals surface area contributed by atoms with E-state index in [4.69, 9.17) is 26.6 Å². The normalized spacial score (nSPS) is 16.0. The summed E-state index contributed by atoms with van der Waals surface area (Å²) in [5.74, 6) is 1.17. The van der Waals surface area contributed by atoms with Crippen molar-refractivity contribution < 1.29 is 27.2 Å². The number of nitrogens with two attached hydrogens (primary N) is 1. The maximum atomic E-state index is 13.5. The third kappa shape index (κ3) is 19.9. The number of aromatic nitrogens is 1. The number of carbonyl (C=O) groups excluding carboxylic acids is 1. The molecule has 3 aliphatic rings. The molecule has 3 fully saturated rings. The average molecular weight is 979 g/mol. The molecule has 0 radical (unpaired) electrons. The molecule has 1 amide bonds. The van der Waals surface area contributed by atoms with Crippen molar-refractivity contribution in [1.82, 2.24) is 30.1 Å². The second kappa shape index (κ2) is 31.5. The van der Waals surface area contributed by atoms with Crippen LogP contribution in [-0.4, -0.2) is 116 Å². The molecule has 0 saturated carbocycles. The van der Waals surface area contributed by atoms with E-state index in [-0.39, 0.29) is 56.0 Å². The van der Waals surface area contributed by atoms with Crippen LogP contribution < -0.4 is 15.8 Å². The average Bonchev–Trinajstić information content (AvgIpc) is 4.21. The van der Waals surface area contributed by atoms with E-state index >= 15 is 0 Å². The third-order valence-corrected chi connectivity index (χ3v) is 12.7. The number of benzene rings is 4. The monoisotopic (exact) mass is 978 g/mol. The molecule has 3 atom stereocenters. The molecule has 4 aromatic carbocycles. The molecule has 380 valence electrons. The molecule has 10 nitrogen and oxygen atoms in total. The van der Waals surface area contributed by atoms with Gasteiger partial charge in [-0.25, -0.2) is 13.2 Å². The molecule has 3 saturated heterocycles. The lowest BCUT2D eigenvalue weighted by Crippen LogP contribution is -2.39. The first-order valence-electron chi connectivity index (χ1n) is 23.8. The smallest absolute Gasteiger partial charge is 0.276 e. The second-order valence-corrected chi connectivity index (χ2v) is 17.8. The van der Waals surface area contributed by atoms with Gasteiger partial charge in [0.25, 0.3) is 5.91 Å². The SMILES string of the molecule is C.C.COc1ccc(-c2cc(C(=O)N(CCN3CCCC3)[C@H](C)c3ccc(F)cc3)no2)cc1.C[C@@H](N)c1ccc(F)cc1.C[C@@H](NCCN1CCCC1)c1ccc(F)cc1.ClCCN1CCCC1. The number of hydrogen-bond acceptors (Lipinski definition) is 9. The minimum atomic E-state index is -0.295. The largest absolute Gasteiger partial charge is 0.497 e. The fraction of sp³-hybridized carbons (Fsp3) is 0.491. The van der Waals surface area contributed by atoms with Gasteiger partial charge in [0.15, 0.2) is 11.5 Å². The molecule has 3 N–H and O–H groups in total. The number of ether oxygens (including phenoxy) is 1. The first-order valence-corrected chi connectivity index (χ1v) is 24.4. The fourth-order valence-electron chi connectivity index (χ4n) is 8.27. The lowest BCUT2D eigenvalue weighted by molar-refractivity contribution is 0.0660. The van der Waals surface area contributed by atoms with Gasteiger partial charge in [0.1, 0.15) is 23.2 Å². The van der Waals surface area contributed by atoms with Crippen molar-refractivity contribution in [2.24, 2.45) is 5.73 Å². The quantitative estimate of drug-likeness (QED) is 0.0936. The van der Waals surface area contributed by atoms with Crippen LogP contribution in [-0.2, 0) is 0 Å². The predicted molar refractivity (Wildman–Crippen MR) is 277 cm³/mol. The number of nitrogens with one attached hydrogen (secondary N) is 1. The van der Waals surface area contributed by atoms with Gasteiger partial charge in [-0.1, -0.05) is 56.4 Å². The van der Waals surface area contributed by atoms with E-state index < -0.39 is 0 Å². The number of methoxy groups -OCH3 is 1. The van der Waals surface area contributed by atoms with Gasteiger partial charge in [-0.2, -0.15) is 0 Å². The van der Waals surface area contributed by atoms with Crippen molar-refractivity contribution in [3.63, 3.8) is 0 Å². The van der Waals surface area contributed by atoms with E-state index in [2.05, 4.69) is 32.1 Å². The molecule has 4 heterocycles. The number of halogens is 4. The van der Waals surface area contributed by atoms with Crippen molar-refractivity contribution in [2.45, 2.75) is 92.3 Å². The van der Waals surface area contributed by atoms with Gasteiger partial charge >= 0.3 is 0 Å². The molecule has 14 heteroatoms. The van der Waals surface area contributed by atoms with E-state index in [0.717, 1.165) is 73.2 Å². The van der Waals surface area contributed by atoms with E-state index in [1.807, 2.05) is 50.2 Å². The Morgan fingerprint density at radius 2 is 1.14 bits per heavy atom. The molecule has 0 aliphatic carbocycles. The van der Waals surface area contributed by atoms with Gasteiger partial charge in [-0.3, -0.25) is 4.79 Å². The number of alkyl halides is 1. The highest BCUT2D eigenvalue weighted by atomic mass is 35.5. The van der Waals surface area contributed by atoms with Gasteiger partial charge in [-0.05, 0) is 176 Å². The Hall–Kier alpha value is -4.76. The van der Waals surface area contributed by atoms with Gasteiger partial charge in [0.05, 0.1) is 13.2 Å². The van der Waals surface area contributed by atoms with Gasteiger partial charge in [0.2, 0.25) is 0 Å². The predicted octanol–water partition coefficient (Wildman–Crippen LogP) is 11.8. The Labute approximate surface area is 416 Å². The molecule has 5 aromatic rings. The minimum absolute atomic E-state index is 0. The van der Waals surface area contributed by atoms with Crippen molar-refractivity contribution in [1.29, 1.82) is 0 Å². The van der Waals surface area contributed by atoms with Gasteiger partial charge in [-0.15, -0.1) is 11.6 Å². The molecule has 1 aromatic heterocycles. The van der Waals surface area contributed by atoms with Crippen LogP contribution in [0.5, 0.6) is 5.75 Å². The van der Waals surface area contributed by atoms with Crippen molar-refractivity contribution in [2.75, 3.05) is 85.0 Å². The molecule has 0 bridgehead atoms. The summed E-state index contributed by atoms with van der Waals surface area (Å²) in [6.07, 6.45) is 7.81. The summed E-state index contributed by atoms with van der Waals surface area (Å²) >= 11 is 5.54. The van der Waals surface area contributed by atoms with Crippen LogP contribution in [0.4, 0.5) is 13.2 Å².